The van der Waals surface area contributed by atoms with Crippen molar-refractivity contribution >= 4 is 16.3 Å². The zero-order chi connectivity index (χ0) is 15.0. The van der Waals surface area contributed by atoms with Gasteiger partial charge in [-0.05, 0) is 12.1 Å². The van der Waals surface area contributed by atoms with E-state index in [4.69, 9.17) is 4.74 Å². The largest absolute Gasteiger partial charge is 0.496 e. The molecule has 0 aliphatic rings. The lowest BCUT2D eigenvalue weighted by atomic mass is 10.1. The van der Waals surface area contributed by atoms with Gasteiger partial charge >= 0.3 is 0 Å². The van der Waals surface area contributed by atoms with Crippen molar-refractivity contribution in [2.45, 2.75) is 19.8 Å². The highest BCUT2D eigenvalue weighted by atomic mass is 32.1. The Labute approximate surface area is 126 Å². The minimum absolute atomic E-state index is 0.318. The minimum atomic E-state index is 0.318. The normalized spacial score (nSPS) is 11.0. The molecular formula is C15H14N4OS. The molecule has 5 nitrogen and oxygen atoms in total. The summed E-state index contributed by atoms with van der Waals surface area (Å²) in [4.78, 5) is 5.31. The van der Waals surface area contributed by atoms with Crippen LogP contribution in [0, 0.1) is 11.3 Å². The maximum Gasteiger partial charge on any atom is 0.214 e. The Bertz CT molecular complexity index is 841. The molecule has 0 amide bonds. The minimum Gasteiger partial charge on any atom is -0.496 e. The molecule has 0 saturated heterocycles. The molecule has 0 aliphatic carbocycles. The highest BCUT2D eigenvalue weighted by Gasteiger charge is 2.20. The average molecular weight is 298 g/mol. The van der Waals surface area contributed by atoms with Crippen molar-refractivity contribution in [1.82, 2.24) is 14.6 Å². The van der Waals surface area contributed by atoms with E-state index in [-0.39, 0.29) is 0 Å². The van der Waals surface area contributed by atoms with Gasteiger partial charge in [0, 0.05) is 11.5 Å². The van der Waals surface area contributed by atoms with Crippen molar-refractivity contribution in [2.24, 2.45) is 0 Å². The van der Waals surface area contributed by atoms with Crippen molar-refractivity contribution in [3.63, 3.8) is 0 Å². The summed E-state index contributed by atoms with van der Waals surface area (Å²) in [5.74, 6) is 1.02. The van der Waals surface area contributed by atoms with Gasteiger partial charge in [-0.1, -0.05) is 37.3 Å². The van der Waals surface area contributed by atoms with Gasteiger partial charge < -0.3 is 4.74 Å². The third kappa shape index (κ3) is 2.16. The maximum atomic E-state index is 9.49. The van der Waals surface area contributed by atoms with Gasteiger partial charge in [-0.3, -0.25) is 0 Å². The molecule has 21 heavy (non-hydrogen) atoms. The lowest BCUT2D eigenvalue weighted by Crippen LogP contribution is -1.95. The Morgan fingerprint density at radius 2 is 2.10 bits per heavy atom. The number of imidazole rings is 1. The maximum absolute atomic E-state index is 9.49. The number of para-hydroxylation sites is 1. The third-order valence-corrected chi connectivity index (χ3v) is 4.39. The highest BCUT2D eigenvalue weighted by molar-refractivity contribution is 7.16. The Morgan fingerprint density at radius 1 is 1.33 bits per heavy atom. The van der Waals surface area contributed by atoms with Gasteiger partial charge in [0.1, 0.15) is 22.5 Å². The van der Waals surface area contributed by atoms with Gasteiger partial charge in [0.25, 0.3) is 0 Å². The first-order chi connectivity index (χ1) is 10.2. The fourth-order valence-corrected chi connectivity index (χ4v) is 3.03. The van der Waals surface area contributed by atoms with Crippen molar-refractivity contribution in [3.05, 3.63) is 35.0 Å². The molecule has 0 bridgehead atoms. The van der Waals surface area contributed by atoms with Crippen molar-refractivity contribution in [3.8, 4) is 23.1 Å². The second-order valence-corrected chi connectivity index (χ2v) is 5.90. The van der Waals surface area contributed by atoms with Gasteiger partial charge in [-0.25, -0.2) is 4.98 Å². The number of benzene rings is 1. The number of hydrogen-bond acceptors (Lipinski definition) is 5. The van der Waals surface area contributed by atoms with Gasteiger partial charge in [0.15, 0.2) is 5.69 Å². The topological polar surface area (TPSA) is 63.2 Å². The number of methoxy groups -OCH3 is 1. The average Bonchev–Trinajstić information content (AvgIpc) is 3.04. The Balaban J connectivity index is 2.24. The standard InChI is InChI=1S/C15H14N4OS/c1-9(2)14-18-19-11(8-16)13(17-15(19)21-14)10-6-4-5-7-12(10)20-3/h4-7,9H,1-3H3. The molecule has 2 aromatic heterocycles. The van der Waals surface area contributed by atoms with Crippen LogP contribution in [0.15, 0.2) is 24.3 Å². The molecule has 0 atom stereocenters. The van der Waals surface area contributed by atoms with E-state index in [0.717, 1.165) is 15.5 Å². The summed E-state index contributed by atoms with van der Waals surface area (Å²) < 4.78 is 6.98. The Hall–Kier alpha value is -2.39. The first-order valence-corrected chi connectivity index (χ1v) is 7.40. The number of nitrogens with zero attached hydrogens (tertiary/aromatic N) is 4. The van der Waals surface area contributed by atoms with E-state index < -0.39 is 0 Å². The third-order valence-electron chi connectivity index (χ3n) is 3.18. The molecule has 0 aliphatic heterocycles. The summed E-state index contributed by atoms with van der Waals surface area (Å²) >= 11 is 1.51. The molecular weight excluding hydrogens is 284 g/mol. The monoisotopic (exact) mass is 298 g/mol. The first kappa shape index (κ1) is 13.6. The molecule has 106 valence electrons. The molecule has 0 N–H and O–H groups in total. The molecule has 6 heteroatoms. The van der Waals surface area contributed by atoms with E-state index in [1.165, 1.54) is 11.3 Å². The Morgan fingerprint density at radius 3 is 2.76 bits per heavy atom. The second kappa shape index (κ2) is 5.19. The predicted molar refractivity (Wildman–Crippen MR) is 81.7 cm³/mol. The molecule has 0 spiro atoms. The lowest BCUT2D eigenvalue weighted by molar-refractivity contribution is 0.416. The second-order valence-electron chi connectivity index (χ2n) is 4.91. The summed E-state index contributed by atoms with van der Waals surface area (Å²) in [5, 5.41) is 15.0. The predicted octanol–water partition coefficient (Wildman–Crippen LogP) is 3.46. The molecule has 3 rings (SSSR count). The summed E-state index contributed by atoms with van der Waals surface area (Å²) in [6.45, 7) is 4.15. The molecule has 2 heterocycles. The molecule has 0 saturated carbocycles. The van der Waals surface area contributed by atoms with Crippen LogP contribution in [0.5, 0.6) is 5.75 Å². The Kier molecular flexibility index (Phi) is 3.35. The van der Waals surface area contributed by atoms with Crippen LogP contribution < -0.4 is 4.74 Å². The van der Waals surface area contributed by atoms with Crippen LogP contribution in [-0.4, -0.2) is 21.7 Å². The van der Waals surface area contributed by atoms with E-state index in [1.54, 1.807) is 11.6 Å². The van der Waals surface area contributed by atoms with Crippen LogP contribution in [0.25, 0.3) is 16.2 Å². The molecule has 1 aromatic carbocycles. The summed E-state index contributed by atoms with van der Waals surface area (Å²) in [6, 6.07) is 9.76. The van der Waals surface area contributed by atoms with Crippen molar-refractivity contribution in [2.75, 3.05) is 7.11 Å². The van der Waals surface area contributed by atoms with Gasteiger partial charge in [-0.2, -0.15) is 14.9 Å². The van der Waals surface area contributed by atoms with Crippen LogP contribution in [0.1, 0.15) is 30.5 Å². The molecule has 0 radical (unpaired) electrons. The van der Waals surface area contributed by atoms with E-state index in [0.29, 0.717) is 23.1 Å². The summed E-state index contributed by atoms with van der Waals surface area (Å²) in [5.41, 5.74) is 1.86. The van der Waals surface area contributed by atoms with E-state index >= 15 is 0 Å². The first-order valence-electron chi connectivity index (χ1n) is 6.58. The van der Waals surface area contributed by atoms with Gasteiger partial charge in [-0.15, -0.1) is 0 Å². The van der Waals surface area contributed by atoms with Gasteiger partial charge in [0.2, 0.25) is 4.96 Å². The quantitative estimate of drug-likeness (QED) is 0.743. The molecule has 3 aromatic rings. The van der Waals surface area contributed by atoms with E-state index in [1.807, 2.05) is 24.3 Å². The summed E-state index contributed by atoms with van der Waals surface area (Å²) in [7, 11) is 1.61. The number of rotatable bonds is 3. The SMILES string of the molecule is COc1ccccc1-c1nc2sc(C(C)C)nn2c1C#N. The van der Waals surface area contributed by atoms with Crippen LogP contribution in [0.3, 0.4) is 0 Å². The zero-order valence-electron chi connectivity index (χ0n) is 12.0. The van der Waals surface area contributed by atoms with Crippen LogP contribution >= 0.6 is 11.3 Å². The highest BCUT2D eigenvalue weighted by Crippen LogP contribution is 2.33. The van der Waals surface area contributed by atoms with Crippen LogP contribution in [0.2, 0.25) is 0 Å². The molecule has 0 unspecified atom stereocenters. The number of hydrogen-bond donors (Lipinski definition) is 0. The van der Waals surface area contributed by atoms with Crippen molar-refractivity contribution in [1.29, 1.82) is 5.26 Å². The fraction of sp³-hybridized carbons (Fsp3) is 0.267. The fourth-order valence-electron chi connectivity index (χ4n) is 2.12. The smallest absolute Gasteiger partial charge is 0.214 e. The van der Waals surface area contributed by atoms with Crippen LogP contribution in [-0.2, 0) is 0 Å². The number of aromatic nitrogens is 3. The number of ether oxygens (including phenoxy) is 1. The zero-order valence-corrected chi connectivity index (χ0v) is 12.8. The van der Waals surface area contributed by atoms with Gasteiger partial charge in [0.05, 0.1) is 7.11 Å². The summed E-state index contributed by atoms with van der Waals surface area (Å²) in [6.07, 6.45) is 0. The van der Waals surface area contributed by atoms with E-state index in [2.05, 4.69) is 30.0 Å². The number of fused-ring (bicyclic) bond motifs is 1. The van der Waals surface area contributed by atoms with Crippen molar-refractivity contribution < 1.29 is 4.74 Å². The molecule has 0 fully saturated rings. The van der Waals surface area contributed by atoms with Crippen LogP contribution in [0.4, 0.5) is 0 Å². The number of nitriles is 1. The lowest BCUT2D eigenvalue weighted by Gasteiger charge is -2.05. The van der Waals surface area contributed by atoms with E-state index in [9.17, 15) is 5.26 Å².